The van der Waals surface area contributed by atoms with Crippen molar-refractivity contribution in [3.63, 3.8) is 0 Å². The van der Waals surface area contributed by atoms with Gasteiger partial charge in [0.25, 0.3) is 0 Å². The van der Waals surface area contributed by atoms with Crippen LogP contribution in [0.25, 0.3) is 0 Å². The predicted molar refractivity (Wildman–Crippen MR) is 121 cm³/mol. The molecule has 0 spiro atoms. The average Bonchev–Trinajstić information content (AvgIpc) is 2.73. The Hall–Kier alpha value is -2.36. The van der Waals surface area contributed by atoms with E-state index in [0.29, 0.717) is 12.2 Å². The molecular formula is C22H29BN2O5S. The Morgan fingerprint density at radius 2 is 1.71 bits per heavy atom. The molecule has 2 rings (SSSR count). The number of nitrogens with zero attached hydrogens (tertiary/aromatic N) is 1. The summed E-state index contributed by atoms with van der Waals surface area (Å²) in [5.41, 5.74) is 0.883. The Labute approximate surface area is 185 Å². The Morgan fingerprint density at radius 1 is 1.10 bits per heavy atom. The van der Waals surface area contributed by atoms with E-state index < -0.39 is 28.0 Å². The summed E-state index contributed by atoms with van der Waals surface area (Å²) in [5.74, 6) is -0.215. The molecule has 2 aromatic carbocycles. The minimum atomic E-state index is -3.88. The van der Waals surface area contributed by atoms with E-state index in [1.807, 2.05) is 44.2 Å². The van der Waals surface area contributed by atoms with Crippen molar-refractivity contribution in [2.24, 2.45) is 5.92 Å². The van der Waals surface area contributed by atoms with Gasteiger partial charge in [-0.05, 0) is 42.2 Å². The van der Waals surface area contributed by atoms with Crippen molar-refractivity contribution in [1.82, 2.24) is 9.62 Å². The molecule has 31 heavy (non-hydrogen) atoms. The topological polar surface area (TPSA) is 95.9 Å². The summed E-state index contributed by atoms with van der Waals surface area (Å²) in [7, 11) is 2.92. The lowest BCUT2D eigenvalue weighted by Crippen LogP contribution is -2.50. The predicted octanol–water partition coefficient (Wildman–Crippen LogP) is 2.19. The van der Waals surface area contributed by atoms with E-state index in [0.717, 1.165) is 5.56 Å². The van der Waals surface area contributed by atoms with Gasteiger partial charge in [0.15, 0.2) is 5.81 Å². The molecule has 0 aliphatic rings. The molecule has 0 saturated heterocycles. The van der Waals surface area contributed by atoms with Crippen molar-refractivity contribution < 1.29 is 23.1 Å². The zero-order chi connectivity index (χ0) is 23.0. The fourth-order valence-electron chi connectivity index (χ4n) is 3.24. The molecule has 2 N–H and O–H groups in total. The van der Waals surface area contributed by atoms with E-state index in [9.17, 15) is 18.3 Å². The second kappa shape index (κ2) is 11.3. The van der Waals surface area contributed by atoms with E-state index in [4.69, 9.17) is 12.6 Å². The maximum atomic E-state index is 13.3. The molecule has 1 amide bonds. The van der Waals surface area contributed by atoms with Crippen molar-refractivity contribution in [1.29, 1.82) is 0 Å². The van der Waals surface area contributed by atoms with Crippen molar-refractivity contribution >= 4 is 23.7 Å². The van der Waals surface area contributed by atoms with Gasteiger partial charge in [-0.3, -0.25) is 4.79 Å². The number of rotatable bonds is 11. The fraction of sp³-hybridized carbons (Fsp3) is 0.409. The van der Waals surface area contributed by atoms with Gasteiger partial charge >= 0.3 is 0 Å². The molecule has 0 aliphatic heterocycles. The monoisotopic (exact) mass is 444 g/mol. The molecule has 2 atom stereocenters. The second-order valence-corrected chi connectivity index (χ2v) is 9.70. The molecule has 0 bridgehead atoms. The molecule has 166 valence electrons. The van der Waals surface area contributed by atoms with Crippen LogP contribution in [0.3, 0.4) is 0 Å². The zero-order valence-electron chi connectivity index (χ0n) is 18.1. The summed E-state index contributed by atoms with van der Waals surface area (Å²) in [4.78, 5) is 11.6. The van der Waals surface area contributed by atoms with E-state index in [1.165, 1.54) is 23.5 Å². The number of amides is 1. The van der Waals surface area contributed by atoms with Gasteiger partial charge in [-0.2, -0.15) is 4.31 Å². The normalized spacial score (nSPS) is 13.7. The van der Waals surface area contributed by atoms with Crippen LogP contribution in [0.5, 0.6) is 5.75 Å². The third kappa shape index (κ3) is 7.38. The first-order valence-corrected chi connectivity index (χ1v) is 11.5. The number of benzene rings is 2. The van der Waals surface area contributed by atoms with Crippen molar-refractivity contribution in [2.45, 2.75) is 37.3 Å². The maximum absolute atomic E-state index is 13.3. The first-order valence-electron chi connectivity index (χ1n) is 10.1. The van der Waals surface area contributed by atoms with Gasteiger partial charge in [0.05, 0.1) is 24.2 Å². The third-order valence-corrected chi connectivity index (χ3v) is 6.59. The number of ether oxygens (including phenoxy) is 1. The Morgan fingerprint density at radius 3 is 2.23 bits per heavy atom. The number of aliphatic hydroxyl groups is 1. The number of nitrogens with one attached hydrogen (secondary N) is 1. The third-order valence-electron chi connectivity index (χ3n) is 4.75. The van der Waals surface area contributed by atoms with Gasteiger partial charge in [-0.25, -0.2) is 8.42 Å². The number of carbonyl (C=O) groups excluding carboxylic acids is 1. The van der Waals surface area contributed by atoms with Crippen LogP contribution in [-0.2, 0) is 16.4 Å². The quantitative estimate of drug-likeness (QED) is 0.518. The molecule has 0 fully saturated rings. The maximum Gasteiger partial charge on any atom is 0.243 e. The molecule has 2 aromatic rings. The molecule has 2 radical (unpaired) electrons. The van der Waals surface area contributed by atoms with Crippen LogP contribution in [0, 0.1) is 5.92 Å². The van der Waals surface area contributed by atoms with Gasteiger partial charge in [0.2, 0.25) is 17.9 Å². The summed E-state index contributed by atoms with van der Waals surface area (Å²) >= 11 is 0. The Bertz CT molecular complexity index is 936. The molecule has 0 unspecified atom stereocenters. The number of methoxy groups -OCH3 is 1. The highest BCUT2D eigenvalue weighted by atomic mass is 32.2. The summed E-state index contributed by atoms with van der Waals surface area (Å²) in [6.45, 7) is 3.81. The SMILES string of the molecule is [B]C(=O)N[C@H](Cc1ccccc1)[C@@H](O)CN(CC(C)C)S(=O)(=O)c1ccc(OC)cc1. The molecule has 0 aliphatic carbocycles. The summed E-state index contributed by atoms with van der Waals surface area (Å²) in [5, 5.41) is 13.4. The van der Waals surface area contributed by atoms with E-state index >= 15 is 0 Å². The first-order chi connectivity index (χ1) is 14.6. The second-order valence-electron chi connectivity index (χ2n) is 7.76. The van der Waals surface area contributed by atoms with Crippen LogP contribution >= 0.6 is 0 Å². The molecular weight excluding hydrogens is 415 g/mol. The molecule has 7 nitrogen and oxygen atoms in total. The van der Waals surface area contributed by atoms with Crippen molar-refractivity contribution in [3.05, 3.63) is 60.2 Å². The highest BCUT2D eigenvalue weighted by Gasteiger charge is 2.30. The summed E-state index contributed by atoms with van der Waals surface area (Å²) in [6.07, 6.45) is -0.859. The van der Waals surface area contributed by atoms with E-state index in [-0.39, 0.29) is 23.9 Å². The van der Waals surface area contributed by atoms with Gasteiger partial charge in [-0.15, -0.1) is 0 Å². The number of hydrogen-bond donors (Lipinski definition) is 2. The Kier molecular flexibility index (Phi) is 9.09. The molecule has 0 aromatic heterocycles. The largest absolute Gasteiger partial charge is 0.497 e. The van der Waals surface area contributed by atoms with Crippen LogP contribution in [-0.4, -0.2) is 63.8 Å². The van der Waals surface area contributed by atoms with Crippen LogP contribution in [0.2, 0.25) is 0 Å². The number of aliphatic hydroxyl groups excluding tert-OH is 1. The van der Waals surface area contributed by atoms with E-state index in [1.54, 1.807) is 12.1 Å². The molecule has 9 heteroatoms. The highest BCUT2D eigenvalue weighted by molar-refractivity contribution is 7.89. The van der Waals surface area contributed by atoms with Crippen molar-refractivity contribution in [3.8, 4) is 5.75 Å². The summed E-state index contributed by atoms with van der Waals surface area (Å²) in [6, 6.07) is 14.6. The highest BCUT2D eigenvalue weighted by Crippen LogP contribution is 2.21. The van der Waals surface area contributed by atoms with Crippen LogP contribution in [0.15, 0.2) is 59.5 Å². The van der Waals surface area contributed by atoms with Gasteiger partial charge < -0.3 is 15.2 Å². The van der Waals surface area contributed by atoms with Gasteiger partial charge in [-0.1, -0.05) is 44.2 Å². The minimum absolute atomic E-state index is 0.0249. The van der Waals surface area contributed by atoms with E-state index in [2.05, 4.69) is 5.32 Å². The number of hydrogen-bond acceptors (Lipinski definition) is 5. The number of sulfonamides is 1. The fourth-order valence-corrected chi connectivity index (χ4v) is 4.87. The van der Waals surface area contributed by atoms with Crippen LogP contribution in [0.4, 0.5) is 4.79 Å². The lowest BCUT2D eigenvalue weighted by molar-refractivity contribution is 0.106. The zero-order valence-corrected chi connectivity index (χ0v) is 18.9. The van der Waals surface area contributed by atoms with Crippen molar-refractivity contribution in [2.75, 3.05) is 20.2 Å². The minimum Gasteiger partial charge on any atom is -0.497 e. The number of carbonyl (C=O) groups is 1. The molecule has 0 heterocycles. The average molecular weight is 444 g/mol. The smallest absolute Gasteiger partial charge is 0.243 e. The standard InChI is InChI=1S/C22H29BN2O5S/c1-16(2)14-25(31(28,29)19-11-9-18(30-3)10-12-19)15-21(26)20(24-22(23)27)13-17-7-5-4-6-8-17/h4-12,16,20-21,26H,13-15H2,1-3H3,(H,24,27)/t20-,21+/m1/s1. The van der Waals surface area contributed by atoms with Gasteiger partial charge in [0, 0.05) is 13.1 Å². The van der Waals surface area contributed by atoms with Gasteiger partial charge in [0.1, 0.15) is 5.75 Å². The summed E-state index contributed by atoms with van der Waals surface area (Å²) < 4.78 is 32.9. The lowest BCUT2D eigenvalue weighted by atomic mass is 9.99. The Balaban J connectivity index is 2.27. The first kappa shape index (κ1) is 24.9. The molecule has 0 saturated carbocycles. The van der Waals surface area contributed by atoms with Crippen LogP contribution in [0.1, 0.15) is 19.4 Å². The van der Waals surface area contributed by atoms with Crippen LogP contribution < -0.4 is 10.1 Å². The lowest BCUT2D eigenvalue weighted by Gasteiger charge is -2.30.